The van der Waals surface area contributed by atoms with Gasteiger partial charge in [-0.25, -0.2) is 4.39 Å². The zero-order valence-corrected chi connectivity index (χ0v) is 10.00. The third-order valence-corrected chi connectivity index (χ3v) is 2.25. The lowest BCUT2D eigenvalue weighted by Gasteiger charge is -2.11. The lowest BCUT2D eigenvalue weighted by Crippen LogP contribution is -2.18. The van der Waals surface area contributed by atoms with Crippen molar-refractivity contribution in [2.75, 3.05) is 24.8 Å². The number of benzene rings is 1. The molecule has 5 heteroatoms. The smallest absolute Gasteiger partial charge is 0.224 e. The topological polar surface area (TPSA) is 64.3 Å². The Morgan fingerprint density at radius 2 is 2.29 bits per heavy atom. The first-order valence-electron chi connectivity index (χ1n) is 5.36. The van der Waals surface area contributed by atoms with Crippen LogP contribution >= 0.6 is 0 Å². The third kappa shape index (κ3) is 4.40. The lowest BCUT2D eigenvalue weighted by atomic mass is 10.1. The Bertz CT molecular complexity index is 396. The van der Waals surface area contributed by atoms with Gasteiger partial charge in [-0.2, -0.15) is 0 Å². The van der Waals surface area contributed by atoms with Gasteiger partial charge in [-0.15, -0.1) is 0 Å². The minimum atomic E-state index is -0.530. The van der Waals surface area contributed by atoms with E-state index in [9.17, 15) is 9.18 Å². The van der Waals surface area contributed by atoms with E-state index in [4.69, 9.17) is 10.5 Å². The number of methoxy groups -OCH3 is 1. The standard InChI is InChI=1S/C12H17FN2O2/c1-8(7-17-2)5-12(16)15-11-4-3-9(14)6-10(11)13/h3-4,6,8H,5,7,14H2,1-2H3,(H,15,16). The van der Waals surface area contributed by atoms with Gasteiger partial charge in [0.2, 0.25) is 5.91 Å². The molecule has 0 aliphatic heterocycles. The van der Waals surface area contributed by atoms with E-state index in [0.29, 0.717) is 12.3 Å². The van der Waals surface area contributed by atoms with Crippen LogP contribution in [0.5, 0.6) is 0 Å². The zero-order chi connectivity index (χ0) is 12.8. The van der Waals surface area contributed by atoms with Crippen LogP contribution in [0.2, 0.25) is 0 Å². The number of carbonyl (C=O) groups is 1. The summed E-state index contributed by atoms with van der Waals surface area (Å²) in [5.41, 5.74) is 5.88. The summed E-state index contributed by atoms with van der Waals surface area (Å²) in [4.78, 5) is 11.6. The maximum absolute atomic E-state index is 13.4. The Hall–Kier alpha value is -1.62. The number of hydrogen-bond acceptors (Lipinski definition) is 3. The van der Waals surface area contributed by atoms with Crippen molar-refractivity contribution in [3.8, 4) is 0 Å². The number of amides is 1. The summed E-state index contributed by atoms with van der Waals surface area (Å²) < 4.78 is 18.3. The molecule has 1 rings (SSSR count). The van der Waals surface area contributed by atoms with Crippen LogP contribution in [0.1, 0.15) is 13.3 Å². The van der Waals surface area contributed by atoms with Crippen molar-refractivity contribution in [1.29, 1.82) is 0 Å². The fraction of sp³-hybridized carbons (Fsp3) is 0.417. The number of rotatable bonds is 5. The van der Waals surface area contributed by atoms with Crippen molar-refractivity contribution < 1.29 is 13.9 Å². The van der Waals surface area contributed by atoms with Gasteiger partial charge in [-0.05, 0) is 24.1 Å². The second-order valence-corrected chi connectivity index (χ2v) is 4.05. The summed E-state index contributed by atoms with van der Waals surface area (Å²) in [6, 6.07) is 4.16. The number of nitrogen functional groups attached to an aromatic ring is 1. The molecule has 0 saturated heterocycles. The van der Waals surface area contributed by atoms with Gasteiger partial charge >= 0.3 is 0 Å². The highest BCUT2D eigenvalue weighted by molar-refractivity contribution is 5.91. The van der Waals surface area contributed by atoms with Crippen molar-refractivity contribution >= 4 is 17.3 Å². The molecule has 0 aliphatic carbocycles. The normalized spacial score (nSPS) is 12.2. The number of halogens is 1. The van der Waals surface area contributed by atoms with Crippen molar-refractivity contribution in [3.63, 3.8) is 0 Å². The van der Waals surface area contributed by atoms with Crippen LogP contribution in [0.4, 0.5) is 15.8 Å². The highest BCUT2D eigenvalue weighted by Crippen LogP contribution is 2.17. The Morgan fingerprint density at radius 3 is 2.88 bits per heavy atom. The quantitative estimate of drug-likeness (QED) is 0.774. The van der Waals surface area contributed by atoms with Crippen molar-refractivity contribution in [3.05, 3.63) is 24.0 Å². The van der Waals surface area contributed by atoms with Gasteiger partial charge in [-0.1, -0.05) is 6.92 Å². The molecular weight excluding hydrogens is 223 g/mol. The van der Waals surface area contributed by atoms with Gasteiger partial charge < -0.3 is 15.8 Å². The number of nitrogens with two attached hydrogens (primary N) is 1. The second-order valence-electron chi connectivity index (χ2n) is 4.05. The van der Waals surface area contributed by atoms with Crippen molar-refractivity contribution in [2.24, 2.45) is 5.92 Å². The molecule has 0 spiro atoms. The van der Waals surface area contributed by atoms with E-state index in [1.807, 2.05) is 6.92 Å². The molecule has 0 radical (unpaired) electrons. The van der Waals surface area contributed by atoms with Crippen LogP contribution in [0.25, 0.3) is 0 Å². The van der Waals surface area contributed by atoms with E-state index in [0.717, 1.165) is 0 Å². The highest BCUT2D eigenvalue weighted by Gasteiger charge is 2.11. The summed E-state index contributed by atoms with van der Waals surface area (Å²) >= 11 is 0. The molecule has 1 unspecified atom stereocenters. The summed E-state index contributed by atoms with van der Waals surface area (Å²) in [5.74, 6) is -0.673. The van der Waals surface area contributed by atoms with Crippen LogP contribution in [-0.4, -0.2) is 19.6 Å². The zero-order valence-electron chi connectivity index (χ0n) is 10.00. The summed E-state index contributed by atoms with van der Waals surface area (Å²) in [7, 11) is 1.58. The number of anilines is 2. The molecule has 4 nitrogen and oxygen atoms in total. The van der Waals surface area contributed by atoms with E-state index in [2.05, 4.69) is 5.32 Å². The highest BCUT2D eigenvalue weighted by atomic mass is 19.1. The molecule has 1 aromatic rings. The lowest BCUT2D eigenvalue weighted by molar-refractivity contribution is -0.117. The molecule has 1 atom stereocenters. The molecule has 17 heavy (non-hydrogen) atoms. The molecule has 1 amide bonds. The maximum atomic E-state index is 13.4. The van der Waals surface area contributed by atoms with Crippen molar-refractivity contribution in [2.45, 2.75) is 13.3 Å². The minimum Gasteiger partial charge on any atom is -0.399 e. The van der Waals surface area contributed by atoms with Gasteiger partial charge in [0.25, 0.3) is 0 Å². The van der Waals surface area contributed by atoms with E-state index in [-0.39, 0.29) is 23.9 Å². The van der Waals surface area contributed by atoms with Crippen LogP contribution < -0.4 is 11.1 Å². The first-order chi connectivity index (χ1) is 8.02. The first kappa shape index (κ1) is 13.4. The molecule has 1 aromatic carbocycles. The SMILES string of the molecule is COCC(C)CC(=O)Nc1ccc(N)cc1F. The van der Waals surface area contributed by atoms with E-state index in [1.165, 1.54) is 18.2 Å². The average Bonchev–Trinajstić information content (AvgIpc) is 2.22. The first-order valence-corrected chi connectivity index (χ1v) is 5.36. The minimum absolute atomic E-state index is 0.0943. The van der Waals surface area contributed by atoms with Crippen LogP contribution in [0.15, 0.2) is 18.2 Å². The molecule has 0 heterocycles. The fourth-order valence-corrected chi connectivity index (χ4v) is 1.49. The van der Waals surface area contributed by atoms with Crippen molar-refractivity contribution in [1.82, 2.24) is 0 Å². The van der Waals surface area contributed by atoms with E-state index < -0.39 is 5.82 Å². The summed E-state index contributed by atoms with van der Waals surface area (Å²) in [5, 5.41) is 2.50. The molecule has 94 valence electrons. The maximum Gasteiger partial charge on any atom is 0.224 e. The van der Waals surface area contributed by atoms with Crippen LogP contribution in [0, 0.1) is 11.7 Å². The Kier molecular flexibility index (Phi) is 4.90. The molecule has 0 aromatic heterocycles. The van der Waals surface area contributed by atoms with Gasteiger partial charge in [0, 0.05) is 25.8 Å². The second kappa shape index (κ2) is 6.20. The molecule has 0 aliphatic rings. The van der Waals surface area contributed by atoms with E-state index in [1.54, 1.807) is 7.11 Å². The Balaban J connectivity index is 2.56. The molecule has 0 saturated carbocycles. The molecule has 3 N–H and O–H groups in total. The molecule has 0 bridgehead atoms. The third-order valence-electron chi connectivity index (χ3n) is 2.25. The molecule has 0 fully saturated rings. The number of carbonyl (C=O) groups excluding carboxylic acids is 1. The Morgan fingerprint density at radius 1 is 1.59 bits per heavy atom. The predicted molar refractivity (Wildman–Crippen MR) is 65.1 cm³/mol. The predicted octanol–water partition coefficient (Wildman–Crippen LogP) is 2.02. The van der Waals surface area contributed by atoms with Gasteiger partial charge in [0.1, 0.15) is 5.82 Å². The largest absolute Gasteiger partial charge is 0.399 e. The number of nitrogens with one attached hydrogen (secondary N) is 1. The van der Waals surface area contributed by atoms with Gasteiger partial charge in [0.05, 0.1) is 5.69 Å². The summed E-state index contributed by atoms with van der Waals surface area (Å²) in [6.07, 6.45) is 0.289. The Labute approximate surface area is 100.0 Å². The van der Waals surface area contributed by atoms with Gasteiger partial charge in [0.15, 0.2) is 0 Å². The van der Waals surface area contributed by atoms with E-state index >= 15 is 0 Å². The van der Waals surface area contributed by atoms with Crippen LogP contribution in [-0.2, 0) is 9.53 Å². The van der Waals surface area contributed by atoms with Gasteiger partial charge in [-0.3, -0.25) is 4.79 Å². The number of ether oxygens (including phenoxy) is 1. The molecular formula is C12H17FN2O2. The van der Waals surface area contributed by atoms with Crippen LogP contribution in [0.3, 0.4) is 0 Å². The average molecular weight is 240 g/mol. The monoisotopic (exact) mass is 240 g/mol. The number of hydrogen-bond donors (Lipinski definition) is 2. The summed E-state index contributed by atoms with van der Waals surface area (Å²) in [6.45, 7) is 2.39. The fourth-order valence-electron chi connectivity index (χ4n) is 1.49.